The Hall–Kier alpha value is -2.34. The van der Waals surface area contributed by atoms with Crippen LogP contribution >= 0.6 is 11.8 Å². The number of rotatable bonds is 5. The molecule has 0 fully saturated rings. The van der Waals surface area contributed by atoms with Gasteiger partial charge in [0.2, 0.25) is 5.91 Å². The highest BCUT2D eigenvalue weighted by Gasteiger charge is 2.06. The number of aromatic carboxylic acids is 1. The summed E-state index contributed by atoms with van der Waals surface area (Å²) in [6, 6.07) is 11.8. The zero-order valence-corrected chi connectivity index (χ0v) is 11.7. The standard InChI is InChI=1S/C15H12FNO3S/c16-11-3-7-13(8-4-11)21-9-14(18)17-12-5-1-10(2-6-12)15(19)20/h1-8H,9H2,(H,17,18)(H,19,20). The molecule has 2 N–H and O–H groups in total. The van der Waals surface area contributed by atoms with Gasteiger partial charge in [-0.3, -0.25) is 4.79 Å². The van der Waals surface area contributed by atoms with Crippen molar-refractivity contribution < 1.29 is 19.1 Å². The molecule has 21 heavy (non-hydrogen) atoms. The Morgan fingerprint density at radius 1 is 1.05 bits per heavy atom. The number of hydrogen-bond donors (Lipinski definition) is 2. The maximum Gasteiger partial charge on any atom is 0.335 e. The van der Waals surface area contributed by atoms with E-state index in [0.29, 0.717) is 5.69 Å². The van der Waals surface area contributed by atoms with Crippen molar-refractivity contribution in [2.45, 2.75) is 4.90 Å². The molecule has 0 aliphatic heterocycles. The molecule has 0 saturated carbocycles. The maximum atomic E-state index is 12.7. The van der Waals surface area contributed by atoms with Crippen LogP contribution in [0.25, 0.3) is 0 Å². The molecule has 0 unspecified atom stereocenters. The number of hydrogen-bond acceptors (Lipinski definition) is 3. The van der Waals surface area contributed by atoms with Crippen molar-refractivity contribution in [3.05, 3.63) is 59.9 Å². The number of carboxylic acid groups (broad SMARTS) is 1. The van der Waals surface area contributed by atoms with Gasteiger partial charge in [-0.15, -0.1) is 11.8 Å². The van der Waals surface area contributed by atoms with Gasteiger partial charge in [-0.25, -0.2) is 9.18 Å². The summed E-state index contributed by atoms with van der Waals surface area (Å²) >= 11 is 1.29. The van der Waals surface area contributed by atoms with E-state index in [9.17, 15) is 14.0 Å². The monoisotopic (exact) mass is 305 g/mol. The van der Waals surface area contributed by atoms with E-state index in [0.717, 1.165) is 4.90 Å². The van der Waals surface area contributed by atoms with E-state index in [2.05, 4.69) is 5.32 Å². The molecule has 0 spiro atoms. The molecule has 0 aliphatic carbocycles. The van der Waals surface area contributed by atoms with E-state index in [1.165, 1.54) is 48.2 Å². The second-order valence-corrected chi connectivity index (χ2v) is 5.22. The molecule has 0 heterocycles. The van der Waals surface area contributed by atoms with Crippen molar-refractivity contribution in [1.82, 2.24) is 0 Å². The average molecular weight is 305 g/mol. The molecule has 4 nitrogen and oxygen atoms in total. The molecule has 0 atom stereocenters. The van der Waals surface area contributed by atoms with Gasteiger partial charge in [-0.2, -0.15) is 0 Å². The molecule has 0 aliphatic rings. The largest absolute Gasteiger partial charge is 0.478 e. The van der Waals surface area contributed by atoms with Crippen molar-refractivity contribution in [2.24, 2.45) is 0 Å². The summed E-state index contributed by atoms with van der Waals surface area (Å²) in [5.74, 6) is -1.36. The van der Waals surface area contributed by atoms with Crippen LogP contribution in [0.5, 0.6) is 0 Å². The lowest BCUT2D eigenvalue weighted by molar-refractivity contribution is -0.113. The van der Waals surface area contributed by atoms with Crippen molar-refractivity contribution >= 4 is 29.3 Å². The van der Waals surface area contributed by atoms with Crippen LogP contribution < -0.4 is 5.32 Å². The zero-order valence-electron chi connectivity index (χ0n) is 10.9. The SMILES string of the molecule is O=C(CSc1ccc(F)cc1)Nc1ccc(C(=O)O)cc1. The van der Waals surface area contributed by atoms with Gasteiger partial charge in [-0.05, 0) is 48.5 Å². The first-order valence-electron chi connectivity index (χ1n) is 6.06. The highest BCUT2D eigenvalue weighted by atomic mass is 32.2. The maximum absolute atomic E-state index is 12.7. The summed E-state index contributed by atoms with van der Waals surface area (Å²) in [4.78, 5) is 23.2. The predicted octanol–water partition coefficient (Wildman–Crippen LogP) is 3.25. The molecule has 2 aromatic rings. The lowest BCUT2D eigenvalue weighted by Crippen LogP contribution is -2.14. The van der Waals surface area contributed by atoms with E-state index in [1.54, 1.807) is 12.1 Å². The molecule has 2 aromatic carbocycles. The third-order valence-corrected chi connectivity index (χ3v) is 3.61. The molecule has 0 aromatic heterocycles. The first-order chi connectivity index (χ1) is 10.0. The molecule has 6 heteroatoms. The Labute approximate surface area is 125 Å². The molecule has 0 saturated heterocycles. The summed E-state index contributed by atoms with van der Waals surface area (Å²) in [7, 11) is 0. The Balaban J connectivity index is 1.86. The molecular formula is C15H12FNO3S. The van der Waals surface area contributed by atoms with Crippen LogP contribution in [0.4, 0.5) is 10.1 Å². The fourth-order valence-electron chi connectivity index (χ4n) is 1.57. The first kappa shape index (κ1) is 15.1. The van der Waals surface area contributed by atoms with Crippen molar-refractivity contribution in [1.29, 1.82) is 0 Å². The second kappa shape index (κ2) is 6.90. The number of benzene rings is 2. The summed E-state index contributed by atoms with van der Waals surface area (Å²) < 4.78 is 12.7. The molecule has 0 bridgehead atoms. The Morgan fingerprint density at radius 3 is 2.24 bits per heavy atom. The van der Waals surface area contributed by atoms with Gasteiger partial charge in [0.05, 0.1) is 11.3 Å². The normalized spacial score (nSPS) is 10.1. The van der Waals surface area contributed by atoms with Gasteiger partial charge in [0.1, 0.15) is 5.82 Å². The highest BCUT2D eigenvalue weighted by Crippen LogP contribution is 2.18. The van der Waals surface area contributed by atoms with Crippen molar-refractivity contribution in [2.75, 3.05) is 11.1 Å². The van der Waals surface area contributed by atoms with Crippen LogP contribution in [0.15, 0.2) is 53.4 Å². The van der Waals surface area contributed by atoms with Gasteiger partial charge in [0.15, 0.2) is 0 Å². The van der Waals surface area contributed by atoms with Gasteiger partial charge >= 0.3 is 5.97 Å². The molecule has 2 rings (SSSR count). The van der Waals surface area contributed by atoms with Crippen LogP contribution in [-0.2, 0) is 4.79 Å². The fourth-order valence-corrected chi connectivity index (χ4v) is 2.27. The molecule has 108 valence electrons. The lowest BCUT2D eigenvalue weighted by atomic mass is 10.2. The summed E-state index contributed by atoms with van der Waals surface area (Å²) in [5.41, 5.74) is 0.693. The Kier molecular flexibility index (Phi) is 4.94. The van der Waals surface area contributed by atoms with E-state index in [1.807, 2.05) is 0 Å². The smallest absolute Gasteiger partial charge is 0.335 e. The van der Waals surface area contributed by atoms with Gasteiger partial charge in [0, 0.05) is 10.6 Å². The number of carboxylic acids is 1. The van der Waals surface area contributed by atoms with Crippen LogP contribution in [0, 0.1) is 5.82 Å². The topological polar surface area (TPSA) is 66.4 Å². The number of anilines is 1. The van der Waals surface area contributed by atoms with E-state index < -0.39 is 5.97 Å². The Morgan fingerprint density at radius 2 is 1.67 bits per heavy atom. The van der Waals surface area contributed by atoms with Crippen molar-refractivity contribution in [3.63, 3.8) is 0 Å². The predicted molar refractivity (Wildman–Crippen MR) is 79.2 cm³/mol. The Bertz CT molecular complexity index is 641. The number of carbonyl (C=O) groups is 2. The number of thioether (sulfide) groups is 1. The van der Waals surface area contributed by atoms with Crippen LogP contribution in [0.3, 0.4) is 0 Å². The quantitative estimate of drug-likeness (QED) is 0.832. The van der Waals surface area contributed by atoms with E-state index in [4.69, 9.17) is 5.11 Å². The minimum absolute atomic E-state index is 0.161. The third-order valence-electron chi connectivity index (χ3n) is 2.60. The molecule has 1 amide bonds. The lowest BCUT2D eigenvalue weighted by Gasteiger charge is -2.05. The average Bonchev–Trinajstić information content (AvgIpc) is 2.47. The first-order valence-corrected chi connectivity index (χ1v) is 7.05. The number of carbonyl (C=O) groups excluding carboxylic acids is 1. The second-order valence-electron chi connectivity index (χ2n) is 4.17. The van der Waals surface area contributed by atoms with Crippen LogP contribution in [-0.4, -0.2) is 22.7 Å². The molecule has 0 radical (unpaired) electrons. The molecular weight excluding hydrogens is 293 g/mol. The number of amides is 1. The van der Waals surface area contributed by atoms with Crippen LogP contribution in [0.1, 0.15) is 10.4 Å². The zero-order chi connectivity index (χ0) is 15.2. The van der Waals surface area contributed by atoms with Gasteiger partial charge in [0.25, 0.3) is 0 Å². The summed E-state index contributed by atoms with van der Waals surface area (Å²) in [6.45, 7) is 0. The fraction of sp³-hybridized carbons (Fsp3) is 0.0667. The minimum atomic E-state index is -1.01. The van der Waals surface area contributed by atoms with E-state index >= 15 is 0 Å². The number of nitrogens with one attached hydrogen (secondary N) is 1. The summed E-state index contributed by atoms with van der Waals surface area (Å²) in [6.07, 6.45) is 0. The van der Waals surface area contributed by atoms with Crippen LogP contribution in [0.2, 0.25) is 0 Å². The third kappa shape index (κ3) is 4.61. The van der Waals surface area contributed by atoms with E-state index in [-0.39, 0.29) is 23.0 Å². The highest BCUT2D eigenvalue weighted by molar-refractivity contribution is 8.00. The minimum Gasteiger partial charge on any atom is -0.478 e. The van der Waals surface area contributed by atoms with Crippen molar-refractivity contribution in [3.8, 4) is 0 Å². The van der Waals surface area contributed by atoms with Gasteiger partial charge in [-0.1, -0.05) is 0 Å². The summed E-state index contributed by atoms with van der Waals surface area (Å²) in [5, 5.41) is 11.4. The van der Waals surface area contributed by atoms with Gasteiger partial charge < -0.3 is 10.4 Å². The number of halogens is 1.